The van der Waals surface area contributed by atoms with E-state index in [0.29, 0.717) is 16.8 Å². The first-order valence-electron chi connectivity index (χ1n) is 3.65. The van der Waals surface area contributed by atoms with Crippen molar-refractivity contribution in [3.63, 3.8) is 0 Å². The van der Waals surface area contributed by atoms with Crippen molar-refractivity contribution in [2.45, 2.75) is 36.0 Å². The highest BCUT2D eigenvalue weighted by Gasteiger charge is 2.30. The van der Waals surface area contributed by atoms with Gasteiger partial charge in [0.15, 0.2) is 0 Å². The predicted molar refractivity (Wildman–Crippen MR) is 48.7 cm³/mol. The Morgan fingerprint density at radius 2 is 2.10 bits per heavy atom. The van der Waals surface area contributed by atoms with E-state index in [1.165, 1.54) is 0 Å². The maximum absolute atomic E-state index is 6.00. The molecule has 1 fully saturated rings. The molecule has 0 radical (unpaired) electrons. The fraction of sp³-hybridized carbons (Fsp3) is 1.00. The second-order valence-corrected chi connectivity index (χ2v) is 4.88. The van der Waals surface area contributed by atoms with Gasteiger partial charge in [0.25, 0.3) is 0 Å². The Bertz CT molecular complexity index is 94.2. The van der Waals surface area contributed by atoms with Crippen molar-refractivity contribution < 1.29 is 0 Å². The molecule has 0 bridgehead atoms. The number of rotatable bonds is 0. The van der Waals surface area contributed by atoms with Crippen LogP contribution in [0.15, 0.2) is 0 Å². The first kappa shape index (κ1) is 8.82. The Morgan fingerprint density at radius 3 is 2.60 bits per heavy atom. The summed E-state index contributed by atoms with van der Waals surface area (Å²) in [5.41, 5.74) is 5.83. The van der Waals surface area contributed by atoms with Gasteiger partial charge in [-0.15, -0.1) is 11.6 Å². The van der Waals surface area contributed by atoms with Crippen LogP contribution in [-0.2, 0) is 0 Å². The van der Waals surface area contributed by atoms with Crippen molar-refractivity contribution in [3.05, 3.63) is 0 Å². The summed E-state index contributed by atoms with van der Waals surface area (Å²) >= 11 is 9.53. The van der Waals surface area contributed by atoms with Gasteiger partial charge in [0.05, 0.1) is 0 Å². The van der Waals surface area contributed by atoms with Crippen molar-refractivity contribution in [1.82, 2.24) is 0 Å². The van der Waals surface area contributed by atoms with E-state index in [9.17, 15) is 0 Å². The molecule has 0 amide bonds. The monoisotopic (exact) mass is 225 g/mol. The van der Waals surface area contributed by atoms with E-state index >= 15 is 0 Å². The minimum absolute atomic E-state index is 0.228. The number of alkyl halides is 2. The predicted octanol–water partition coefficient (Wildman–Crippen LogP) is 2.11. The minimum Gasteiger partial charge on any atom is -0.327 e. The molecule has 1 aliphatic carbocycles. The van der Waals surface area contributed by atoms with Gasteiger partial charge < -0.3 is 5.73 Å². The molecule has 4 unspecified atom stereocenters. The Kier molecular flexibility index (Phi) is 3.02. The summed E-state index contributed by atoms with van der Waals surface area (Å²) in [6, 6.07) is 0.302. The maximum atomic E-state index is 6.00. The fourth-order valence-electron chi connectivity index (χ4n) is 1.32. The van der Waals surface area contributed by atoms with Gasteiger partial charge in [-0.3, -0.25) is 0 Å². The Hall–Kier alpha value is 0.730. The second-order valence-electron chi connectivity index (χ2n) is 3.14. The molecule has 0 aromatic heterocycles. The van der Waals surface area contributed by atoms with Gasteiger partial charge in [0, 0.05) is 16.2 Å². The normalized spacial score (nSPS) is 49.2. The van der Waals surface area contributed by atoms with Gasteiger partial charge in [-0.2, -0.15) is 0 Å². The van der Waals surface area contributed by atoms with Crippen molar-refractivity contribution in [3.8, 4) is 0 Å². The molecule has 3 heteroatoms. The number of hydrogen-bond acceptors (Lipinski definition) is 1. The molecule has 0 heterocycles. The van der Waals surface area contributed by atoms with E-state index in [0.717, 1.165) is 12.8 Å². The van der Waals surface area contributed by atoms with Crippen LogP contribution in [0.2, 0.25) is 0 Å². The molecule has 10 heavy (non-hydrogen) atoms. The van der Waals surface area contributed by atoms with Crippen molar-refractivity contribution in [2.24, 2.45) is 11.7 Å². The lowest BCUT2D eigenvalue weighted by atomic mass is 9.86. The summed E-state index contributed by atoms with van der Waals surface area (Å²) in [6.07, 6.45) is 2.05. The molecular weight excluding hydrogens is 213 g/mol. The molecule has 1 saturated carbocycles. The van der Waals surface area contributed by atoms with E-state index in [1.54, 1.807) is 0 Å². The van der Waals surface area contributed by atoms with E-state index in [4.69, 9.17) is 17.3 Å². The highest BCUT2D eigenvalue weighted by atomic mass is 79.9. The van der Waals surface area contributed by atoms with Crippen LogP contribution in [0.5, 0.6) is 0 Å². The molecule has 0 aromatic rings. The summed E-state index contributed by atoms with van der Waals surface area (Å²) < 4.78 is 0. The van der Waals surface area contributed by atoms with Crippen molar-refractivity contribution in [2.75, 3.05) is 0 Å². The van der Waals surface area contributed by atoms with Gasteiger partial charge >= 0.3 is 0 Å². The van der Waals surface area contributed by atoms with Crippen LogP contribution in [-0.4, -0.2) is 16.2 Å². The van der Waals surface area contributed by atoms with Gasteiger partial charge in [-0.1, -0.05) is 22.9 Å². The highest BCUT2D eigenvalue weighted by molar-refractivity contribution is 9.09. The molecular formula is C7H13BrClN. The van der Waals surface area contributed by atoms with E-state index < -0.39 is 0 Å². The maximum Gasteiger partial charge on any atom is 0.0476 e. The molecule has 60 valence electrons. The van der Waals surface area contributed by atoms with Gasteiger partial charge in [-0.25, -0.2) is 0 Å². The number of hydrogen-bond donors (Lipinski definition) is 1. The van der Waals surface area contributed by atoms with Crippen molar-refractivity contribution in [1.29, 1.82) is 0 Å². The molecule has 0 aliphatic heterocycles. The zero-order valence-electron chi connectivity index (χ0n) is 6.06. The summed E-state index contributed by atoms with van der Waals surface area (Å²) in [6.45, 7) is 2.18. The van der Waals surface area contributed by atoms with Gasteiger partial charge in [0.2, 0.25) is 0 Å². The standard InChI is InChI=1S/C7H13BrClN/c1-4-2-5(8)6(9)3-7(4)10/h4-7H,2-3,10H2,1H3. The molecule has 0 aromatic carbocycles. The molecule has 2 N–H and O–H groups in total. The highest BCUT2D eigenvalue weighted by Crippen LogP contribution is 2.31. The number of halogens is 2. The summed E-state index contributed by atoms with van der Waals surface area (Å²) in [5, 5.41) is 0.228. The Labute approximate surface area is 75.4 Å². The average Bonchev–Trinajstić information content (AvgIpc) is 1.84. The van der Waals surface area contributed by atoms with Crippen molar-refractivity contribution >= 4 is 27.5 Å². The van der Waals surface area contributed by atoms with Gasteiger partial charge in [0.1, 0.15) is 0 Å². The average molecular weight is 227 g/mol. The van der Waals surface area contributed by atoms with Crippen LogP contribution >= 0.6 is 27.5 Å². The van der Waals surface area contributed by atoms with Gasteiger partial charge in [-0.05, 0) is 18.8 Å². The molecule has 4 atom stereocenters. The third-order valence-electron chi connectivity index (χ3n) is 2.22. The Morgan fingerprint density at radius 1 is 1.50 bits per heavy atom. The Balaban J connectivity index is 2.46. The third kappa shape index (κ3) is 1.86. The van der Waals surface area contributed by atoms with Crippen LogP contribution in [0.4, 0.5) is 0 Å². The topological polar surface area (TPSA) is 26.0 Å². The van der Waals surface area contributed by atoms with Crippen LogP contribution < -0.4 is 5.73 Å². The first-order valence-corrected chi connectivity index (χ1v) is 5.00. The minimum atomic E-state index is 0.228. The SMILES string of the molecule is CC1CC(Br)C(Cl)CC1N. The van der Waals surface area contributed by atoms with Crippen LogP contribution in [0.1, 0.15) is 19.8 Å². The number of nitrogens with two attached hydrogens (primary N) is 1. The molecule has 1 nitrogen and oxygen atoms in total. The zero-order chi connectivity index (χ0) is 7.72. The van der Waals surface area contributed by atoms with Crippen LogP contribution in [0, 0.1) is 5.92 Å². The summed E-state index contributed by atoms with van der Waals surface area (Å²) in [5.74, 6) is 0.611. The van der Waals surface area contributed by atoms with E-state index in [2.05, 4.69) is 22.9 Å². The lowest BCUT2D eigenvalue weighted by Gasteiger charge is -2.32. The quantitative estimate of drug-likeness (QED) is 0.629. The molecule has 1 rings (SSSR count). The third-order valence-corrected chi connectivity index (χ3v) is 4.02. The van der Waals surface area contributed by atoms with Crippen LogP contribution in [0.25, 0.3) is 0 Å². The van der Waals surface area contributed by atoms with Crippen LogP contribution in [0.3, 0.4) is 0 Å². The second kappa shape index (κ2) is 3.42. The molecule has 0 spiro atoms. The zero-order valence-corrected chi connectivity index (χ0v) is 8.40. The fourth-order valence-corrected chi connectivity index (χ4v) is 2.43. The lowest BCUT2D eigenvalue weighted by Crippen LogP contribution is -2.40. The molecule has 1 aliphatic rings. The smallest absolute Gasteiger partial charge is 0.0476 e. The summed E-state index contributed by atoms with van der Waals surface area (Å²) in [4.78, 5) is 0.462. The largest absolute Gasteiger partial charge is 0.327 e. The molecule has 0 saturated heterocycles. The van der Waals surface area contributed by atoms with E-state index in [-0.39, 0.29) is 5.38 Å². The van der Waals surface area contributed by atoms with E-state index in [1.807, 2.05) is 0 Å². The first-order chi connectivity index (χ1) is 4.61. The summed E-state index contributed by atoms with van der Waals surface area (Å²) in [7, 11) is 0. The lowest BCUT2D eigenvalue weighted by molar-refractivity contribution is 0.345.